The molecule has 3 nitrogen and oxygen atoms in total. The quantitative estimate of drug-likeness (QED) is 0.741. The average Bonchev–Trinajstić information content (AvgIpc) is 2.08. The van der Waals surface area contributed by atoms with Gasteiger partial charge in [-0.15, -0.1) is 0 Å². The van der Waals surface area contributed by atoms with Gasteiger partial charge in [-0.05, 0) is 12.8 Å². The number of rotatable bonds is 6. The number of alkyl halides is 3. The number of nitrogens with one attached hydrogen (secondary N) is 2. The molecule has 6 heteroatoms. The van der Waals surface area contributed by atoms with Crippen molar-refractivity contribution in [1.29, 1.82) is 0 Å². The molecule has 2 N–H and O–H groups in total. The monoisotopic (exact) mass is 240 g/mol. The summed E-state index contributed by atoms with van der Waals surface area (Å²) in [6.07, 6.45) is -5.12. The molecule has 0 radical (unpaired) electrons. The maximum Gasteiger partial charge on any atom is 0.390 e. The molecule has 0 bridgehead atoms. The number of hydrogen-bond acceptors (Lipinski definition) is 2. The Morgan fingerprint density at radius 3 is 2.25 bits per heavy atom. The van der Waals surface area contributed by atoms with Crippen molar-refractivity contribution in [3.05, 3.63) is 0 Å². The van der Waals surface area contributed by atoms with Crippen LogP contribution >= 0.6 is 0 Å². The van der Waals surface area contributed by atoms with Crippen LogP contribution in [0.4, 0.5) is 13.2 Å². The minimum absolute atomic E-state index is 0.0794. The van der Waals surface area contributed by atoms with Crippen molar-refractivity contribution in [1.82, 2.24) is 10.6 Å². The molecule has 0 aromatic carbocycles. The van der Waals surface area contributed by atoms with Crippen LogP contribution < -0.4 is 10.6 Å². The minimum Gasteiger partial charge on any atom is -0.355 e. The first-order valence-electron chi connectivity index (χ1n) is 5.27. The second-order valence-electron chi connectivity index (χ2n) is 4.30. The zero-order valence-electron chi connectivity index (χ0n) is 9.82. The highest BCUT2D eigenvalue weighted by molar-refractivity contribution is 5.77. The number of carbonyl (C=O) groups excluding carboxylic acids is 1. The molecule has 1 atom stereocenters. The third-order valence-electron chi connectivity index (χ3n) is 1.86. The Balaban J connectivity index is 3.67. The van der Waals surface area contributed by atoms with Crippen molar-refractivity contribution >= 4 is 5.91 Å². The molecule has 0 saturated carbocycles. The lowest BCUT2D eigenvalue weighted by Crippen LogP contribution is -2.40. The van der Waals surface area contributed by atoms with Gasteiger partial charge in [0.2, 0.25) is 5.91 Å². The molecule has 0 spiro atoms. The van der Waals surface area contributed by atoms with Crippen LogP contribution in [0, 0.1) is 5.92 Å². The van der Waals surface area contributed by atoms with Gasteiger partial charge in [0.25, 0.3) is 0 Å². The van der Waals surface area contributed by atoms with Gasteiger partial charge in [0.05, 0.1) is 13.0 Å². The average molecular weight is 240 g/mol. The van der Waals surface area contributed by atoms with E-state index in [0.29, 0.717) is 12.5 Å². The summed E-state index contributed by atoms with van der Waals surface area (Å²) in [7, 11) is 0. The molecule has 0 aliphatic heterocycles. The number of carbonyl (C=O) groups is 1. The standard InChI is InChI=1S/C10H19F3N2O/c1-7(2)5-15-9(16)6-14-8(3)4-10(11,12)13/h7-8,14H,4-6H2,1-3H3,(H,15,16). The molecule has 0 fully saturated rings. The van der Waals surface area contributed by atoms with Crippen molar-refractivity contribution in [3.63, 3.8) is 0 Å². The van der Waals surface area contributed by atoms with Gasteiger partial charge in [0.1, 0.15) is 0 Å². The Morgan fingerprint density at radius 2 is 1.81 bits per heavy atom. The van der Waals surface area contributed by atoms with E-state index < -0.39 is 18.6 Å². The molecule has 0 heterocycles. The number of amides is 1. The smallest absolute Gasteiger partial charge is 0.355 e. The Morgan fingerprint density at radius 1 is 1.25 bits per heavy atom. The van der Waals surface area contributed by atoms with E-state index in [4.69, 9.17) is 0 Å². The summed E-state index contributed by atoms with van der Waals surface area (Å²) in [5.41, 5.74) is 0. The van der Waals surface area contributed by atoms with Crippen LogP contribution in [0.1, 0.15) is 27.2 Å². The predicted molar refractivity (Wildman–Crippen MR) is 56.0 cm³/mol. The summed E-state index contributed by atoms with van der Waals surface area (Å²) in [6, 6.07) is -0.746. The van der Waals surface area contributed by atoms with Gasteiger partial charge in [-0.1, -0.05) is 13.8 Å². The Hall–Kier alpha value is -0.780. The SMILES string of the molecule is CC(C)CNC(=O)CNC(C)CC(F)(F)F. The topological polar surface area (TPSA) is 41.1 Å². The fraction of sp³-hybridized carbons (Fsp3) is 0.900. The van der Waals surface area contributed by atoms with Gasteiger partial charge < -0.3 is 10.6 Å². The summed E-state index contributed by atoms with van der Waals surface area (Å²) >= 11 is 0. The summed E-state index contributed by atoms with van der Waals surface area (Å²) in [5.74, 6) is 0.0549. The van der Waals surface area contributed by atoms with E-state index in [2.05, 4.69) is 10.6 Å². The van der Waals surface area contributed by atoms with E-state index in [0.717, 1.165) is 0 Å². The Kier molecular flexibility index (Phi) is 6.40. The summed E-state index contributed by atoms with van der Waals surface area (Å²) < 4.78 is 35.8. The number of hydrogen-bond donors (Lipinski definition) is 2. The van der Waals surface area contributed by atoms with Gasteiger partial charge in [0, 0.05) is 12.6 Å². The molecule has 0 aromatic rings. The zero-order valence-corrected chi connectivity index (χ0v) is 9.82. The fourth-order valence-electron chi connectivity index (χ4n) is 1.07. The predicted octanol–water partition coefficient (Wildman–Crippen LogP) is 1.69. The second kappa shape index (κ2) is 6.73. The largest absolute Gasteiger partial charge is 0.390 e. The van der Waals surface area contributed by atoms with Gasteiger partial charge in [0.15, 0.2) is 0 Å². The Bertz CT molecular complexity index is 217. The maximum absolute atomic E-state index is 11.9. The lowest BCUT2D eigenvalue weighted by molar-refractivity contribution is -0.139. The highest BCUT2D eigenvalue weighted by Crippen LogP contribution is 2.20. The van der Waals surface area contributed by atoms with Crippen LogP contribution in [0.15, 0.2) is 0 Å². The molecule has 0 aliphatic carbocycles. The molecule has 16 heavy (non-hydrogen) atoms. The van der Waals surface area contributed by atoms with Crippen LogP contribution in [0.3, 0.4) is 0 Å². The van der Waals surface area contributed by atoms with Crippen molar-refractivity contribution < 1.29 is 18.0 Å². The van der Waals surface area contributed by atoms with Crippen molar-refractivity contribution in [3.8, 4) is 0 Å². The molecular formula is C10H19F3N2O. The molecule has 0 rings (SSSR count). The van der Waals surface area contributed by atoms with Crippen LogP contribution in [0.2, 0.25) is 0 Å². The van der Waals surface area contributed by atoms with Crippen molar-refractivity contribution in [2.75, 3.05) is 13.1 Å². The van der Waals surface area contributed by atoms with E-state index in [1.807, 2.05) is 13.8 Å². The zero-order chi connectivity index (χ0) is 12.8. The van der Waals surface area contributed by atoms with E-state index in [-0.39, 0.29) is 12.5 Å². The maximum atomic E-state index is 11.9. The number of halogens is 3. The third-order valence-corrected chi connectivity index (χ3v) is 1.86. The third kappa shape index (κ3) is 9.76. The summed E-state index contributed by atoms with van der Waals surface area (Å²) in [5, 5.41) is 5.15. The van der Waals surface area contributed by atoms with E-state index >= 15 is 0 Å². The van der Waals surface area contributed by atoms with Gasteiger partial charge in [-0.3, -0.25) is 4.79 Å². The molecule has 96 valence electrons. The van der Waals surface area contributed by atoms with Crippen LogP contribution in [-0.4, -0.2) is 31.2 Å². The molecular weight excluding hydrogens is 221 g/mol. The van der Waals surface area contributed by atoms with E-state index in [1.165, 1.54) is 6.92 Å². The molecule has 1 amide bonds. The summed E-state index contributed by atoms with van der Waals surface area (Å²) in [6.45, 7) is 5.75. The lowest BCUT2D eigenvalue weighted by Gasteiger charge is -2.15. The molecule has 0 saturated heterocycles. The lowest BCUT2D eigenvalue weighted by atomic mass is 10.2. The van der Waals surface area contributed by atoms with Crippen LogP contribution in [0.25, 0.3) is 0 Å². The minimum atomic E-state index is -4.19. The first-order valence-corrected chi connectivity index (χ1v) is 5.27. The van der Waals surface area contributed by atoms with Gasteiger partial charge in [-0.25, -0.2) is 0 Å². The van der Waals surface area contributed by atoms with Crippen molar-refractivity contribution in [2.45, 2.75) is 39.4 Å². The molecule has 1 unspecified atom stereocenters. The van der Waals surface area contributed by atoms with Gasteiger partial charge in [-0.2, -0.15) is 13.2 Å². The highest BCUT2D eigenvalue weighted by atomic mass is 19.4. The Labute approximate surface area is 93.8 Å². The van der Waals surface area contributed by atoms with E-state index in [1.54, 1.807) is 0 Å². The first-order chi connectivity index (χ1) is 7.20. The molecule has 0 aliphatic rings. The van der Waals surface area contributed by atoms with E-state index in [9.17, 15) is 18.0 Å². The van der Waals surface area contributed by atoms with Crippen LogP contribution in [-0.2, 0) is 4.79 Å². The van der Waals surface area contributed by atoms with Crippen LogP contribution in [0.5, 0.6) is 0 Å². The second-order valence-corrected chi connectivity index (χ2v) is 4.30. The highest BCUT2D eigenvalue weighted by Gasteiger charge is 2.29. The van der Waals surface area contributed by atoms with Gasteiger partial charge >= 0.3 is 6.18 Å². The molecule has 0 aromatic heterocycles. The first kappa shape index (κ1) is 15.2. The summed E-state index contributed by atoms with van der Waals surface area (Å²) in [4.78, 5) is 11.2. The van der Waals surface area contributed by atoms with Crippen molar-refractivity contribution in [2.24, 2.45) is 5.92 Å². The fourth-order valence-corrected chi connectivity index (χ4v) is 1.07. The normalized spacial score (nSPS) is 13.9.